The molecule has 0 bridgehead atoms. The third kappa shape index (κ3) is 4.43. The van der Waals surface area contributed by atoms with Crippen LogP contribution in [0.2, 0.25) is 0 Å². The Morgan fingerprint density at radius 2 is 2.00 bits per heavy atom. The van der Waals surface area contributed by atoms with Gasteiger partial charge in [0.15, 0.2) is 11.5 Å². The fourth-order valence-electron chi connectivity index (χ4n) is 2.87. The monoisotopic (exact) mass is 475 g/mol. The van der Waals surface area contributed by atoms with Crippen LogP contribution in [0.1, 0.15) is 18.1 Å². The van der Waals surface area contributed by atoms with Crippen LogP contribution in [0.25, 0.3) is 6.08 Å². The molecule has 1 saturated heterocycles. The lowest BCUT2D eigenvalue weighted by Crippen LogP contribution is -2.30. The van der Waals surface area contributed by atoms with Gasteiger partial charge in [0.05, 0.1) is 12.0 Å². The van der Waals surface area contributed by atoms with Gasteiger partial charge in [-0.2, -0.15) is 0 Å². The Hall–Kier alpha value is -3.40. The van der Waals surface area contributed by atoms with E-state index in [0.717, 1.165) is 4.90 Å². The number of likely N-dealkylation sites (N-methyl/N-ethyl adjacent to an activating group) is 1. The molecule has 0 aromatic heterocycles. The largest absolute Gasteiger partial charge is 0.493 e. The van der Waals surface area contributed by atoms with Crippen molar-refractivity contribution < 1.29 is 24.0 Å². The molecule has 0 atom stereocenters. The zero-order valence-corrected chi connectivity index (χ0v) is 17.8. The fourth-order valence-corrected chi connectivity index (χ4v) is 3.31. The molecule has 1 N–H and O–H groups in total. The zero-order valence-electron chi connectivity index (χ0n) is 16.2. The molecule has 0 radical (unpaired) electrons. The number of nitro groups is 1. The number of nitrogens with zero attached hydrogens (tertiary/aromatic N) is 2. The molecule has 0 aliphatic carbocycles. The van der Waals surface area contributed by atoms with Crippen molar-refractivity contribution in [2.45, 2.75) is 13.5 Å². The summed E-state index contributed by atoms with van der Waals surface area (Å²) < 4.78 is 11.8. The van der Waals surface area contributed by atoms with E-state index in [0.29, 0.717) is 27.1 Å². The van der Waals surface area contributed by atoms with Gasteiger partial charge in [0, 0.05) is 23.2 Å². The summed E-state index contributed by atoms with van der Waals surface area (Å²) in [6, 6.07) is 9.02. The number of nitrogens with one attached hydrogen (secondary N) is 1. The maximum Gasteiger partial charge on any atom is 0.328 e. The molecule has 30 heavy (non-hydrogen) atoms. The highest BCUT2D eigenvalue weighted by Crippen LogP contribution is 2.35. The maximum absolute atomic E-state index is 12.3. The number of non-ortho nitro benzene ring substituents is 1. The van der Waals surface area contributed by atoms with Crippen LogP contribution in [0.4, 0.5) is 10.5 Å². The summed E-state index contributed by atoms with van der Waals surface area (Å²) in [6.45, 7) is 2.09. The second-order valence-corrected chi connectivity index (χ2v) is 7.13. The highest BCUT2D eigenvalue weighted by molar-refractivity contribution is 9.10. The molecule has 0 saturated carbocycles. The van der Waals surface area contributed by atoms with Crippen molar-refractivity contribution in [3.63, 3.8) is 0 Å². The van der Waals surface area contributed by atoms with Gasteiger partial charge in [-0.3, -0.25) is 19.8 Å². The van der Waals surface area contributed by atoms with Crippen LogP contribution in [0, 0.1) is 10.1 Å². The Morgan fingerprint density at radius 3 is 2.63 bits per heavy atom. The minimum atomic E-state index is -0.467. The normalized spacial score (nSPS) is 14.8. The zero-order chi connectivity index (χ0) is 21.8. The number of hydrogen-bond donors (Lipinski definition) is 1. The van der Waals surface area contributed by atoms with Gasteiger partial charge in [0.2, 0.25) is 0 Å². The molecule has 0 spiro atoms. The maximum atomic E-state index is 12.3. The van der Waals surface area contributed by atoms with E-state index >= 15 is 0 Å². The van der Waals surface area contributed by atoms with E-state index in [-0.39, 0.29) is 24.5 Å². The topological polar surface area (TPSA) is 111 Å². The van der Waals surface area contributed by atoms with Crippen molar-refractivity contribution in [3.8, 4) is 11.5 Å². The summed E-state index contributed by atoms with van der Waals surface area (Å²) in [4.78, 5) is 35.6. The van der Waals surface area contributed by atoms with Crippen molar-refractivity contribution in [2.75, 3.05) is 13.7 Å². The van der Waals surface area contributed by atoms with Gasteiger partial charge in [-0.1, -0.05) is 28.1 Å². The molecule has 0 unspecified atom stereocenters. The lowest BCUT2D eigenvalue weighted by Gasteiger charge is -2.13. The summed E-state index contributed by atoms with van der Waals surface area (Å²) in [6.07, 6.45) is 1.55. The number of benzene rings is 2. The first kappa shape index (κ1) is 21.3. The van der Waals surface area contributed by atoms with Crippen LogP contribution < -0.4 is 14.8 Å². The molecular weight excluding hydrogens is 458 g/mol. The predicted octanol–water partition coefficient (Wildman–Crippen LogP) is 3.86. The van der Waals surface area contributed by atoms with Crippen LogP contribution in [0.5, 0.6) is 11.5 Å². The first-order chi connectivity index (χ1) is 14.3. The van der Waals surface area contributed by atoms with Crippen molar-refractivity contribution in [1.29, 1.82) is 0 Å². The minimum Gasteiger partial charge on any atom is -0.493 e. The van der Waals surface area contributed by atoms with E-state index in [2.05, 4.69) is 21.2 Å². The van der Waals surface area contributed by atoms with E-state index < -0.39 is 16.9 Å². The van der Waals surface area contributed by atoms with Gasteiger partial charge in [-0.25, -0.2) is 4.79 Å². The number of amides is 3. The highest BCUT2D eigenvalue weighted by atomic mass is 79.9. The van der Waals surface area contributed by atoms with E-state index in [9.17, 15) is 19.7 Å². The number of carbonyl (C=O) groups is 2. The van der Waals surface area contributed by atoms with Gasteiger partial charge in [-0.15, -0.1) is 0 Å². The smallest absolute Gasteiger partial charge is 0.328 e. The van der Waals surface area contributed by atoms with Gasteiger partial charge >= 0.3 is 6.03 Å². The van der Waals surface area contributed by atoms with Crippen LogP contribution >= 0.6 is 15.9 Å². The summed E-state index contributed by atoms with van der Waals surface area (Å²) >= 11 is 3.43. The van der Waals surface area contributed by atoms with Gasteiger partial charge < -0.3 is 14.8 Å². The van der Waals surface area contributed by atoms with Crippen molar-refractivity contribution in [3.05, 3.63) is 67.8 Å². The van der Waals surface area contributed by atoms with Crippen LogP contribution in [-0.2, 0) is 11.4 Å². The first-order valence-corrected chi connectivity index (χ1v) is 9.71. The molecule has 1 aliphatic rings. The number of carbonyl (C=O) groups excluding carboxylic acids is 2. The van der Waals surface area contributed by atoms with Crippen molar-refractivity contribution >= 4 is 39.6 Å². The Balaban J connectivity index is 1.83. The number of nitro benzene ring substituents is 1. The number of halogens is 1. The number of ether oxygens (including phenoxy) is 2. The average molecular weight is 476 g/mol. The van der Waals surface area contributed by atoms with E-state index in [4.69, 9.17) is 9.47 Å². The average Bonchev–Trinajstić information content (AvgIpc) is 3.00. The number of imide groups is 1. The molecule has 2 aromatic carbocycles. The molecule has 2 aromatic rings. The Morgan fingerprint density at radius 1 is 1.23 bits per heavy atom. The van der Waals surface area contributed by atoms with E-state index in [1.165, 1.54) is 19.2 Å². The molecular formula is C20H18BrN3O6. The molecule has 10 heteroatoms. The molecule has 1 heterocycles. The Bertz CT molecular complexity index is 1050. The lowest BCUT2D eigenvalue weighted by molar-refractivity contribution is -0.384. The van der Waals surface area contributed by atoms with Crippen molar-refractivity contribution in [2.24, 2.45) is 0 Å². The first-order valence-electron chi connectivity index (χ1n) is 8.92. The Kier molecular flexibility index (Phi) is 6.36. The standard InChI is InChI=1S/C20H18BrN3O6/c1-3-23-19(25)16(22-20(23)26)8-13-9-17(29-2)18(10-15(13)21)30-11-12-5-4-6-14(7-12)24(27)28/h4-10H,3,11H2,1-2H3,(H,22,26)/b16-8+. The second-order valence-electron chi connectivity index (χ2n) is 6.28. The molecule has 9 nitrogen and oxygen atoms in total. The Labute approximate surface area is 180 Å². The van der Waals surface area contributed by atoms with Gasteiger partial charge in [0.25, 0.3) is 11.6 Å². The number of urea groups is 1. The van der Waals surface area contributed by atoms with Crippen LogP contribution in [0.15, 0.2) is 46.6 Å². The van der Waals surface area contributed by atoms with E-state index in [1.807, 2.05) is 0 Å². The molecule has 1 aliphatic heterocycles. The number of rotatable bonds is 7. The molecule has 1 fully saturated rings. The van der Waals surface area contributed by atoms with Gasteiger partial charge in [0.1, 0.15) is 12.3 Å². The van der Waals surface area contributed by atoms with Gasteiger partial charge in [-0.05, 0) is 36.3 Å². The quantitative estimate of drug-likeness (QED) is 0.281. The van der Waals surface area contributed by atoms with Crippen molar-refractivity contribution in [1.82, 2.24) is 10.2 Å². The molecule has 156 valence electrons. The summed E-state index contributed by atoms with van der Waals surface area (Å²) in [5.74, 6) is 0.411. The highest BCUT2D eigenvalue weighted by Gasteiger charge is 2.32. The molecule has 3 amide bonds. The predicted molar refractivity (Wildman–Crippen MR) is 112 cm³/mol. The lowest BCUT2D eigenvalue weighted by atomic mass is 10.1. The third-order valence-electron chi connectivity index (χ3n) is 4.38. The van der Waals surface area contributed by atoms with Crippen LogP contribution in [0.3, 0.4) is 0 Å². The number of hydrogen-bond acceptors (Lipinski definition) is 6. The fraction of sp³-hybridized carbons (Fsp3) is 0.200. The third-order valence-corrected chi connectivity index (χ3v) is 5.06. The van der Waals surface area contributed by atoms with Crippen LogP contribution in [-0.4, -0.2) is 35.4 Å². The molecule has 3 rings (SSSR count). The second kappa shape index (κ2) is 8.95. The van der Waals surface area contributed by atoms with E-state index in [1.54, 1.807) is 37.3 Å². The SMILES string of the molecule is CCN1C(=O)N/C(=C/c2cc(OC)c(OCc3cccc([N+](=O)[O-])c3)cc2Br)C1=O. The summed E-state index contributed by atoms with van der Waals surface area (Å²) in [5.41, 5.74) is 1.38. The summed E-state index contributed by atoms with van der Waals surface area (Å²) in [7, 11) is 1.47. The summed E-state index contributed by atoms with van der Waals surface area (Å²) in [5, 5.41) is 13.5. The number of methoxy groups -OCH3 is 1. The minimum absolute atomic E-state index is 0.0179.